The number of allylic oxidation sites excluding steroid dienone is 4. The second kappa shape index (κ2) is 15.8. The van der Waals surface area contributed by atoms with Crippen LogP contribution in [0.4, 0.5) is 5.69 Å². The number of rotatable bonds is 5. The molecule has 1 amide bonds. The summed E-state index contributed by atoms with van der Waals surface area (Å²) in [4.78, 5) is 64.1. The zero-order valence-corrected chi connectivity index (χ0v) is 34.6. The monoisotopic (exact) mass is 805 g/mol. The van der Waals surface area contributed by atoms with Gasteiger partial charge in [0.1, 0.15) is 53.0 Å². The molecule has 3 unspecified atom stereocenters. The molecule has 59 heavy (non-hydrogen) atoms. The van der Waals surface area contributed by atoms with E-state index in [0.29, 0.717) is 47.4 Å². The third kappa shape index (κ3) is 7.56. The van der Waals surface area contributed by atoms with Crippen molar-refractivity contribution in [1.82, 2.24) is 9.88 Å². The number of carbonyl (C=O) groups is 3. The molecule has 6 aliphatic rings. The van der Waals surface area contributed by atoms with Crippen molar-refractivity contribution in [3.8, 4) is 28.7 Å². The number of fused-ring (bicyclic) bond motifs is 8. The molecule has 5 aliphatic heterocycles. The number of esters is 1. The second-order valence-corrected chi connectivity index (χ2v) is 16.7. The van der Waals surface area contributed by atoms with Gasteiger partial charge >= 0.3 is 11.8 Å². The van der Waals surface area contributed by atoms with Crippen molar-refractivity contribution in [2.24, 2.45) is 17.8 Å². The van der Waals surface area contributed by atoms with Crippen molar-refractivity contribution in [3.05, 3.63) is 75.7 Å². The summed E-state index contributed by atoms with van der Waals surface area (Å²) in [7, 11) is 0. The molecule has 1 saturated heterocycles. The first-order chi connectivity index (χ1) is 28.2. The van der Waals surface area contributed by atoms with E-state index in [2.05, 4.69) is 24.1 Å². The number of likely N-dealkylation sites (tertiary alicyclic amines) is 1. The van der Waals surface area contributed by atoms with Crippen LogP contribution < -0.4 is 25.0 Å². The van der Waals surface area contributed by atoms with Crippen LogP contribution in [0.5, 0.6) is 17.2 Å². The van der Waals surface area contributed by atoms with Crippen LogP contribution in [0.2, 0.25) is 0 Å². The van der Waals surface area contributed by atoms with Crippen molar-refractivity contribution in [2.75, 3.05) is 31.6 Å². The van der Waals surface area contributed by atoms with E-state index in [9.17, 15) is 14.4 Å². The van der Waals surface area contributed by atoms with Crippen molar-refractivity contribution >= 4 is 45.2 Å². The van der Waals surface area contributed by atoms with E-state index in [1.165, 1.54) is 26.5 Å². The van der Waals surface area contributed by atoms with Crippen molar-refractivity contribution in [1.29, 1.82) is 0 Å². The van der Waals surface area contributed by atoms with Gasteiger partial charge in [0.2, 0.25) is 5.43 Å². The fourth-order valence-corrected chi connectivity index (χ4v) is 8.60. The number of nitrogens with zero attached hydrogens (tertiary/aromatic N) is 2. The standard InChI is InChI=1S/C46H51N3O10/c1-24-11-8-12-27(4)45(53)48-38-39(51)35-34(37-43(38)57-32-23-30(14-15-31(32)47-37)54-20-18-49-16-10-17-49)36-42-28(5)41(35)58-33(22-25(2)21-24)40(56-29(6)50)26(3)13-9-19-55-46(7,59-42)44(36)52/h8-9,11-12,14-15,19,23-26,33,40H,10,13,16-18,20-22H2,1-7H3,(H,48,53)/b11-8+,19-9+,27-12-/t24?,25-,26-,33?,40?,46+/m1/s1. The molecule has 310 valence electrons. The van der Waals surface area contributed by atoms with Gasteiger partial charge in [-0.2, -0.15) is 0 Å². The summed E-state index contributed by atoms with van der Waals surface area (Å²) in [5, 5.41) is 2.98. The Morgan fingerprint density at radius 1 is 1.07 bits per heavy atom. The molecule has 1 aliphatic carbocycles. The summed E-state index contributed by atoms with van der Waals surface area (Å²) < 4.78 is 38.4. The molecule has 5 heterocycles. The van der Waals surface area contributed by atoms with Gasteiger partial charge in [-0.15, -0.1) is 0 Å². The van der Waals surface area contributed by atoms with Gasteiger partial charge in [-0.1, -0.05) is 39.0 Å². The van der Waals surface area contributed by atoms with Crippen LogP contribution in [-0.4, -0.2) is 71.8 Å². The third-order valence-corrected chi connectivity index (χ3v) is 11.9. The van der Waals surface area contributed by atoms with Crippen molar-refractivity contribution < 1.29 is 42.5 Å². The van der Waals surface area contributed by atoms with E-state index < -0.39 is 41.1 Å². The lowest BCUT2D eigenvalue weighted by Crippen LogP contribution is -2.41. The lowest BCUT2D eigenvalue weighted by atomic mass is 9.86. The Morgan fingerprint density at radius 2 is 1.86 bits per heavy atom. The van der Waals surface area contributed by atoms with E-state index in [1.54, 1.807) is 44.2 Å². The summed E-state index contributed by atoms with van der Waals surface area (Å²) in [6.45, 7) is 15.8. The molecule has 6 atom stereocenters. The maximum atomic E-state index is 15.3. The normalized spacial score (nSPS) is 28.1. The number of anilines is 1. The molecule has 0 aromatic heterocycles. The molecule has 6 bridgehead atoms. The molecule has 2 aromatic carbocycles. The SMILES string of the molecule is CC(=O)OC1C2C[C@H](C)CC(C)/C=C/C=C(/C)C(=O)Nc3c4oc5cc(OCCN6CCC6)ccc5nc-4c4c5c(c(C)c(c4c3=O)O2)O[C@](C)(O/C=C/C[C@H]1C)C5=O. The number of hydrogen-bond acceptors (Lipinski definition) is 12. The predicted molar refractivity (Wildman–Crippen MR) is 222 cm³/mol. The van der Waals surface area contributed by atoms with Crippen LogP contribution >= 0.6 is 0 Å². The van der Waals surface area contributed by atoms with Gasteiger partial charge in [0.25, 0.3) is 11.7 Å². The zero-order valence-electron chi connectivity index (χ0n) is 34.6. The first-order valence-corrected chi connectivity index (χ1v) is 20.5. The molecule has 2 aromatic rings. The number of amides is 1. The highest BCUT2D eigenvalue weighted by atomic mass is 16.7. The summed E-state index contributed by atoms with van der Waals surface area (Å²) in [6, 6.07) is 5.25. The second-order valence-electron chi connectivity index (χ2n) is 16.7. The van der Waals surface area contributed by atoms with E-state index >= 15 is 4.79 Å². The Morgan fingerprint density at radius 3 is 2.61 bits per heavy atom. The number of hydrogen-bond donors (Lipinski definition) is 1. The molecule has 1 fully saturated rings. The topological polar surface area (TPSA) is 156 Å². The highest BCUT2D eigenvalue weighted by molar-refractivity contribution is 6.22. The number of benzene rings is 3. The molecular formula is C46H51N3O10. The van der Waals surface area contributed by atoms with Crippen LogP contribution in [0.1, 0.15) is 83.1 Å². The van der Waals surface area contributed by atoms with Gasteiger partial charge in [0, 0.05) is 48.9 Å². The van der Waals surface area contributed by atoms with E-state index in [1.807, 2.05) is 19.1 Å². The Balaban J connectivity index is 1.44. The lowest BCUT2D eigenvalue weighted by Gasteiger charge is -2.34. The minimum absolute atomic E-state index is 0.000258. The highest BCUT2D eigenvalue weighted by Crippen LogP contribution is 2.51. The van der Waals surface area contributed by atoms with Gasteiger partial charge in [0.05, 0.1) is 17.2 Å². The van der Waals surface area contributed by atoms with Gasteiger partial charge < -0.3 is 33.4 Å². The molecule has 13 heteroatoms. The molecule has 8 rings (SSSR count). The Hall–Kier alpha value is -5.69. The van der Waals surface area contributed by atoms with Crippen LogP contribution in [0.3, 0.4) is 0 Å². The van der Waals surface area contributed by atoms with Gasteiger partial charge in [-0.05, 0) is 82.7 Å². The van der Waals surface area contributed by atoms with Crippen molar-refractivity contribution in [3.63, 3.8) is 0 Å². The van der Waals surface area contributed by atoms with Crippen LogP contribution in [-0.2, 0) is 19.1 Å². The maximum Gasteiger partial charge on any atom is 0.312 e. The number of Topliss-reactive ketones (excluding diaryl/α,β-unsaturated/α-hetero) is 1. The fourth-order valence-electron chi connectivity index (χ4n) is 8.60. The largest absolute Gasteiger partial charge is 0.492 e. The lowest BCUT2D eigenvalue weighted by molar-refractivity contribution is -0.155. The van der Waals surface area contributed by atoms with Gasteiger partial charge in [-0.25, -0.2) is 4.98 Å². The summed E-state index contributed by atoms with van der Waals surface area (Å²) in [5.41, 5.74) is 0.801. The molecule has 13 nitrogen and oxygen atoms in total. The average Bonchev–Trinajstić information content (AvgIpc) is 3.43. The molecule has 0 spiro atoms. The zero-order chi connectivity index (χ0) is 41.7. The minimum Gasteiger partial charge on any atom is -0.492 e. The van der Waals surface area contributed by atoms with E-state index in [-0.39, 0.29) is 62.7 Å². The Labute approximate surface area is 342 Å². The summed E-state index contributed by atoms with van der Waals surface area (Å²) >= 11 is 0. The molecule has 0 saturated carbocycles. The number of ketones is 1. The van der Waals surface area contributed by atoms with Crippen LogP contribution in [0.15, 0.2) is 63.6 Å². The summed E-state index contributed by atoms with van der Waals surface area (Å²) in [5.74, 6) is -2.66. The van der Waals surface area contributed by atoms with Crippen LogP contribution in [0, 0.1) is 24.7 Å². The average molecular weight is 806 g/mol. The predicted octanol–water partition coefficient (Wildman–Crippen LogP) is 7.89. The number of carbonyl (C=O) groups excluding carboxylic acids is 3. The third-order valence-electron chi connectivity index (χ3n) is 11.9. The number of aromatic nitrogens is 1. The molecule has 0 radical (unpaired) electrons. The first-order valence-electron chi connectivity index (χ1n) is 20.5. The Bertz CT molecular complexity index is 2480. The number of ether oxygens (including phenoxy) is 5. The van der Waals surface area contributed by atoms with Crippen LogP contribution in [0.25, 0.3) is 33.3 Å². The quantitative estimate of drug-likeness (QED) is 0.118. The van der Waals surface area contributed by atoms with Crippen molar-refractivity contribution in [2.45, 2.75) is 92.1 Å². The fraction of sp³-hybridized carbons (Fsp3) is 0.457. The minimum atomic E-state index is -1.81. The maximum absolute atomic E-state index is 15.3. The van der Waals surface area contributed by atoms with E-state index in [4.69, 9.17) is 33.1 Å². The highest BCUT2D eigenvalue weighted by Gasteiger charge is 2.50. The van der Waals surface area contributed by atoms with Gasteiger partial charge in [-0.3, -0.25) is 24.1 Å². The summed E-state index contributed by atoms with van der Waals surface area (Å²) in [6.07, 6.45) is 10.1. The van der Waals surface area contributed by atoms with E-state index in [0.717, 1.165) is 26.1 Å². The molecular weight excluding hydrogens is 755 g/mol. The Kier molecular flexibility index (Phi) is 10.8. The molecule has 1 N–H and O–H groups in total. The van der Waals surface area contributed by atoms with Gasteiger partial charge in [0.15, 0.2) is 11.3 Å². The smallest absolute Gasteiger partial charge is 0.312 e. The number of nitrogens with one attached hydrogen (secondary N) is 1. The first kappa shape index (κ1) is 40.1.